The summed E-state index contributed by atoms with van der Waals surface area (Å²) >= 11 is 0. The average molecular weight is 160 g/mol. The van der Waals surface area contributed by atoms with E-state index in [0.717, 1.165) is 6.42 Å². The maximum absolute atomic E-state index is 4.00. The molecule has 0 saturated carbocycles. The quantitative estimate of drug-likeness (QED) is 0.616. The number of rotatable bonds is 1. The summed E-state index contributed by atoms with van der Waals surface area (Å²) in [4.78, 5) is 4.00. The highest BCUT2D eigenvalue weighted by Crippen LogP contribution is 2.18. The van der Waals surface area contributed by atoms with E-state index in [1.54, 1.807) is 6.20 Å². The number of imidazole rings is 1. The Balaban J connectivity index is 2.23. The topological polar surface area (TPSA) is 17.8 Å². The zero-order valence-corrected chi connectivity index (χ0v) is 7.14. The summed E-state index contributed by atoms with van der Waals surface area (Å²) in [5, 5.41) is 0. The molecule has 2 rings (SSSR count). The molecule has 0 saturated heterocycles. The largest absolute Gasteiger partial charge is 0.307 e. The van der Waals surface area contributed by atoms with Gasteiger partial charge in [0.25, 0.3) is 0 Å². The van der Waals surface area contributed by atoms with E-state index in [4.69, 9.17) is 0 Å². The standard InChI is InChI=1S/C10H12N2/c1-9-2-4-10(5-3-9)12-7-6-11-8-12/h2,4-9H,3H2,1H3. The third-order valence-electron chi connectivity index (χ3n) is 2.10. The lowest BCUT2D eigenvalue weighted by atomic mass is 10.0. The number of nitrogens with zero attached hydrogens (tertiary/aromatic N) is 2. The lowest BCUT2D eigenvalue weighted by molar-refractivity contribution is 0.734. The van der Waals surface area contributed by atoms with Gasteiger partial charge in [-0.1, -0.05) is 19.1 Å². The summed E-state index contributed by atoms with van der Waals surface area (Å²) in [5.74, 6) is 0.678. The molecule has 1 aliphatic carbocycles. The maximum Gasteiger partial charge on any atom is 0.0991 e. The summed E-state index contributed by atoms with van der Waals surface area (Å²) in [5.41, 5.74) is 1.23. The molecule has 1 atom stereocenters. The number of hydrogen-bond donors (Lipinski definition) is 0. The molecular formula is C10H12N2. The molecule has 0 spiro atoms. The molecule has 1 aromatic heterocycles. The summed E-state index contributed by atoms with van der Waals surface area (Å²) in [6.45, 7) is 2.22. The molecule has 0 radical (unpaired) electrons. The second kappa shape index (κ2) is 2.97. The van der Waals surface area contributed by atoms with E-state index < -0.39 is 0 Å². The van der Waals surface area contributed by atoms with Crippen molar-refractivity contribution >= 4 is 5.70 Å². The van der Waals surface area contributed by atoms with Crippen LogP contribution in [0.2, 0.25) is 0 Å². The van der Waals surface area contributed by atoms with E-state index in [1.807, 2.05) is 17.1 Å². The Labute approximate surface area is 72.2 Å². The van der Waals surface area contributed by atoms with Crippen molar-refractivity contribution in [2.24, 2.45) is 5.92 Å². The zero-order valence-electron chi connectivity index (χ0n) is 7.14. The van der Waals surface area contributed by atoms with E-state index >= 15 is 0 Å². The van der Waals surface area contributed by atoms with Crippen molar-refractivity contribution in [3.63, 3.8) is 0 Å². The second-order valence-electron chi connectivity index (χ2n) is 3.17. The van der Waals surface area contributed by atoms with Crippen molar-refractivity contribution in [3.8, 4) is 0 Å². The minimum absolute atomic E-state index is 0.678. The first-order chi connectivity index (χ1) is 5.86. The molecule has 0 N–H and O–H groups in total. The van der Waals surface area contributed by atoms with Gasteiger partial charge in [0, 0.05) is 18.1 Å². The molecule has 1 heterocycles. The Morgan fingerprint density at radius 3 is 3.08 bits per heavy atom. The molecule has 1 unspecified atom stereocenters. The van der Waals surface area contributed by atoms with Crippen LogP contribution in [0.15, 0.2) is 36.9 Å². The van der Waals surface area contributed by atoms with Crippen LogP contribution in [-0.4, -0.2) is 9.55 Å². The van der Waals surface area contributed by atoms with Crippen molar-refractivity contribution in [3.05, 3.63) is 36.9 Å². The fraction of sp³-hybridized carbons (Fsp3) is 0.300. The van der Waals surface area contributed by atoms with Crippen molar-refractivity contribution in [1.29, 1.82) is 0 Å². The highest BCUT2D eigenvalue weighted by molar-refractivity contribution is 5.58. The zero-order chi connectivity index (χ0) is 8.39. The molecule has 2 heteroatoms. The monoisotopic (exact) mass is 160 g/mol. The van der Waals surface area contributed by atoms with E-state index in [9.17, 15) is 0 Å². The molecule has 1 aliphatic rings. The van der Waals surface area contributed by atoms with Gasteiger partial charge in [0.15, 0.2) is 0 Å². The molecule has 0 fully saturated rings. The van der Waals surface area contributed by atoms with Gasteiger partial charge in [-0.3, -0.25) is 0 Å². The molecule has 0 bridgehead atoms. The fourth-order valence-corrected chi connectivity index (χ4v) is 1.32. The van der Waals surface area contributed by atoms with Crippen LogP contribution in [0.5, 0.6) is 0 Å². The Morgan fingerprint density at radius 1 is 1.58 bits per heavy atom. The minimum Gasteiger partial charge on any atom is -0.307 e. The van der Waals surface area contributed by atoms with E-state index in [2.05, 4.69) is 30.1 Å². The van der Waals surface area contributed by atoms with Gasteiger partial charge in [0.05, 0.1) is 6.33 Å². The van der Waals surface area contributed by atoms with Crippen molar-refractivity contribution in [2.75, 3.05) is 0 Å². The van der Waals surface area contributed by atoms with E-state index in [0.29, 0.717) is 5.92 Å². The highest BCUT2D eigenvalue weighted by atomic mass is 15.0. The van der Waals surface area contributed by atoms with Crippen LogP contribution in [0.25, 0.3) is 5.70 Å². The predicted octanol–water partition coefficient (Wildman–Crippen LogP) is 2.32. The van der Waals surface area contributed by atoms with Crippen LogP contribution in [0.3, 0.4) is 0 Å². The molecule has 0 aliphatic heterocycles. The van der Waals surface area contributed by atoms with Crippen LogP contribution < -0.4 is 0 Å². The van der Waals surface area contributed by atoms with Gasteiger partial charge in [-0.2, -0.15) is 0 Å². The minimum atomic E-state index is 0.678. The average Bonchev–Trinajstić information content (AvgIpc) is 2.58. The van der Waals surface area contributed by atoms with Gasteiger partial charge in [-0.25, -0.2) is 4.98 Å². The molecule has 62 valence electrons. The Hall–Kier alpha value is -1.31. The van der Waals surface area contributed by atoms with Gasteiger partial charge >= 0.3 is 0 Å². The fourth-order valence-electron chi connectivity index (χ4n) is 1.32. The van der Waals surface area contributed by atoms with Gasteiger partial charge in [-0.15, -0.1) is 0 Å². The molecular weight excluding hydrogens is 148 g/mol. The SMILES string of the molecule is CC1C=CC(n2ccnc2)=CC1. The van der Waals surface area contributed by atoms with Crippen LogP contribution in [0.1, 0.15) is 13.3 Å². The van der Waals surface area contributed by atoms with Crippen molar-refractivity contribution < 1.29 is 0 Å². The van der Waals surface area contributed by atoms with E-state index in [1.165, 1.54) is 5.70 Å². The number of hydrogen-bond acceptors (Lipinski definition) is 1. The van der Waals surface area contributed by atoms with Gasteiger partial charge in [-0.05, 0) is 18.4 Å². The van der Waals surface area contributed by atoms with Crippen LogP contribution in [0, 0.1) is 5.92 Å². The van der Waals surface area contributed by atoms with Gasteiger partial charge in [0.2, 0.25) is 0 Å². The normalized spacial score (nSPS) is 22.4. The Kier molecular flexibility index (Phi) is 1.82. The van der Waals surface area contributed by atoms with Crippen LogP contribution in [-0.2, 0) is 0 Å². The molecule has 1 aromatic rings. The smallest absolute Gasteiger partial charge is 0.0991 e. The molecule has 0 aromatic carbocycles. The van der Waals surface area contributed by atoms with E-state index in [-0.39, 0.29) is 0 Å². The first-order valence-corrected chi connectivity index (χ1v) is 4.23. The summed E-state index contributed by atoms with van der Waals surface area (Å²) in [6, 6.07) is 0. The number of aromatic nitrogens is 2. The third-order valence-corrected chi connectivity index (χ3v) is 2.10. The Bertz CT molecular complexity index is 307. The molecule has 2 nitrogen and oxygen atoms in total. The first-order valence-electron chi connectivity index (χ1n) is 4.23. The van der Waals surface area contributed by atoms with Crippen LogP contribution >= 0.6 is 0 Å². The predicted molar refractivity (Wildman–Crippen MR) is 49.4 cm³/mol. The first kappa shape index (κ1) is 7.35. The lowest BCUT2D eigenvalue weighted by Crippen LogP contribution is -1.98. The molecule has 12 heavy (non-hydrogen) atoms. The second-order valence-corrected chi connectivity index (χ2v) is 3.17. The maximum atomic E-state index is 4.00. The highest BCUT2D eigenvalue weighted by Gasteiger charge is 2.03. The van der Waals surface area contributed by atoms with Crippen molar-refractivity contribution in [2.45, 2.75) is 13.3 Å². The Morgan fingerprint density at radius 2 is 2.50 bits per heavy atom. The van der Waals surface area contributed by atoms with Gasteiger partial charge < -0.3 is 4.57 Å². The summed E-state index contributed by atoms with van der Waals surface area (Å²) < 4.78 is 2.03. The summed E-state index contributed by atoms with van der Waals surface area (Å²) in [7, 11) is 0. The number of allylic oxidation sites excluding steroid dienone is 4. The third kappa shape index (κ3) is 1.33. The lowest BCUT2D eigenvalue weighted by Gasteiger charge is -2.11. The summed E-state index contributed by atoms with van der Waals surface area (Å²) in [6.07, 6.45) is 13.3. The molecule has 0 amide bonds. The van der Waals surface area contributed by atoms with Crippen LogP contribution in [0.4, 0.5) is 0 Å². The van der Waals surface area contributed by atoms with Gasteiger partial charge in [0.1, 0.15) is 0 Å². The van der Waals surface area contributed by atoms with Crippen molar-refractivity contribution in [1.82, 2.24) is 9.55 Å².